The lowest BCUT2D eigenvalue weighted by Gasteiger charge is -2.32. The number of nitrogens with zero attached hydrogens (tertiary/aromatic N) is 3. The van der Waals surface area contributed by atoms with Crippen LogP contribution in [-0.2, 0) is 14.4 Å². The first-order chi connectivity index (χ1) is 14.4. The Morgan fingerprint density at radius 3 is 2.60 bits per heavy atom. The Balaban J connectivity index is 0.000000672. The second-order valence-corrected chi connectivity index (χ2v) is 6.52. The molecule has 3 rings (SSSR count). The highest BCUT2D eigenvalue weighted by atomic mass is 16.3. The van der Waals surface area contributed by atoms with Crippen molar-refractivity contribution in [3.05, 3.63) is 47.8 Å². The number of nitrogens with one attached hydrogen (secondary N) is 1. The van der Waals surface area contributed by atoms with Crippen LogP contribution in [0.1, 0.15) is 30.0 Å². The van der Waals surface area contributed by atoms with Crippen LogP contribution in [0.2, 0.25) is 0 Å². The van der Waals surface area contributed by atoms with E-state index in [-0.39, 0.29) is 18.9 Å². The number of primary amides is 1. The van der Waals surface area contributed by atoms with Gasteiger partial charge in [-0.25, -0.2) is 9.97 Å². The normalized spacial score (nSPS) is 15.4. The van der Waals surface area contributed by atoms with Gasteiger partial charge in [0.05, 0.1) is 6.54 Å². The second kappa shape index (κ2) is 13.6. The van der Waals surface area contributed by atoms with Crippen molar-refractivity contribution in [2.45, 2.75) is 25.7 Å². The molecule has 1 saturated heterocycles. The Labute approximate surface area is 174 Å². The van der Waals surface area contributed by atoms with Gasteiger partial charge in [0, 0.05) is 18.4 Å². The number of hydrogen-bond donors (Lipinski definition) is 4. The zero-order chi connectivity index (χ0) is 22.4. The summed E-state index contributed by atoms with van der Waals surface area (Å²) in [5.74, 6) is 1.71. The van der Waals surface area contributed by atoms with E-state index in [1.165, 1.54) is 5.56 Å². The number of nitrogens with two attached hydrogens (primary N) is 1. The number of anilines is 2. The quantitative estimate of drug-likeness (QED) is 0.530. The van der Waals surface area contributed by atoms with Gasteiger partial charge in [0.1, 0.15) is 11.6 Å². The number of likely N-dealkylation sites (tertiary alicyclic amines) is 1. The van der Waals surface area contributed by atoms with Crippen molar-refractivity contribution >= 4 is 30.5 Å². The average Bonchev–Trinajstić information content (AvgIpc) is 2.69. The summed E-state index contributed by atoms with van der Waals surface area (Å²) in [4.78, 5) is 38.8. The molecule has 1 atom stereocenters. The molecule has 0 saturated carbocycles. The van der Waals surface area contributed by atoms with Gasteiger partial charge in [0.15, 0.2) is 0 Å². The van der Waals surface area contributed by atoms with Gasteiger partial charge in [-0.2, -0.15) is 0 Å². The Morgan fingerprint density at radius 2 is 1.97 bits per heavy atom. The molecular weight excluding hydrogens is 390 g/mol. The number of piperidine rings is 1. The Hall–Kier alpha value is -3.53. The predicted molar refractivity (Wildman–Crippen MR) is 111 cm³/mol. The number of carboxylic acid groups (broad SMARTS) is 2. The third-order valence-corrected chi connectivity index (χ3v) is 4.28. The van der Waals surface area contributed by atoms with Crippen LogP contribution in [0.5, 0.6) is 0 Å². The van der Waals surface area contributed by atoms with Gasteiger partial charge in [-0.05, 0) is 62.1 Å². The Bertz CT molecular complexity index is 812. The summed E-state index contributed by atoms with van der Waals surface area (Å²) in [6, 6.07) is 9.98. The maximum Gasteiger partial charge on any atom is 0.290 e. The molecule has 10 heteroatoms. The molecule has 0 bridgehead atoms. The fourth-order valence-corrected chi connectivity index (χ4v) is 3.20. The zero-order valence-electron chi connectivity index (χ0n) is 16.8. The molecule has 1 aliphatic heterocycles. The van der Waals surface area contributed by atoms with Crippen molar-refractivity contribution in [1.29, 1.82) is 0 Å². The summed E-state index contributed by atoms with van der Waals surface area (Å²) in [6.45, 7) is 3.59. The molecule has 3 heterocycles. The molecule has 1 aliphatic rings. The minimum Gasteiger partial charge on any atom is -0.483 e. The van der Waals surface area contributed by atoms with Crippen LogP contribution in [0.15, 0.2) is 36.5 Å². The number of amides is 1. The highest BCUT2D eigenvalue weighted by molar-refractivity contribution is 5.75. The highest BCUT2D eigenvalue weighted by Crippen LogP contribution is 2.28. The molecule has 0 spiro atoms. The van der Waals surface area contributed by atoms with Gasteiger partial charge in [-0.1, -0.05) is 6.07 Å². The maximum atomic E-state index is 11.1. The van der Waals surface area contributed by atoms with Crippen LogP contribution in [-0.4, -0.2) is 63.6 Å². The van der Waals surface area contributed by atoms with Gasteiger partial charge >= 0.3 is 0 Å². The predicted octanol–water partition coefficient (Wildman–Crippen LogP) is 1.59. The van der Waals surface area contributed by atoms with Gasteiger partial charge in [-0.15, -0.1) is 0 Å². The largest absolute Gasteiger partial charge is 0.483 e. The van der Waals surface area contributed by atoms with Crippen LogP contribution < -0.4 is 11.1 Å². The number of pyridine rings is 2. The molecule has 1 unspecified atom stereocenters. The molecule has 5 N–H and O–H groups in total. The van der Waals surface area contributed by atoms with Crippen LogP contribution in [0.3, 0.4) is 0 Å². The lowest BCUT2D eigenvalue weighted by Crippen LogP contribution is -2.40. The third-order valence-electron chi connectivity index (χ3n) is 4.28. The summed E-state index contributed by atoms with van der Waals surface area (Å²) >= 11 is 0. The minimum absolute atomic E-state index is 0.250. The summed E-state index contributed by atoms with van der Waals surface area (Å²) in [5.41, 5.74) is 7.52. The molecule has 30 heavy (non-hydrogen) atoms. The number of aryl methyl sites for hydroxylation is 1. The van der Waals surface area contributed by atoms with E-state index in [1.807, 2.05) is 37.4 Å². The molecule has 2 aromatic rings. The topological polar surface area (TPSA) is 159 Å². The summed E-state index contributed by atoms with van der Waals surface area (Å²) in [7, 11) is 0. The van der Waals surface area contributed by atoms with Crippen LogP contribution in [0, 0.1) is 6.92 Å². The Kier molecular flexibility index (Phi) is 11.1. The number of carbonyl (C=O) groups is 3. The number of carbonyl (C=O) groups excluding carboxylic acids is 1. The van der Waals surface area contributed by atoms with E-state index in [2.05, 4.69) is 26.3 Å². The minimum atomic E-state index is -0.266. The third kappa shape index (κ3) is 9.11. The Morgan fingerprint density at radius 1 is 1.27 bits per heavy atom. The molecule has 1 fully saturated rings. The van der Waals surface area contributed by atoms with E-state index in [1.54, 1.807) is 0 Å². The van der Waals surface area contributed by atoms with E-state index in [0.717, 1.165) is 43.3 Å². The van der Waals surface area contributed by atoms with Crippen molar-refractivity contribution in [1.82, 2.24) is 14.9 Å². The van der Waals surface area contributed by atoms with Crippen molar-refractivity contribution in [3.63, 3.8) is 0 Å². The van der Waals surface area contributed by atoms with E-state index in [0.29, 0.717) is 12.5 Å². The van der Waals surface area contributed by atoms with Crippen LogP contribution in [0.25, 0.3) is 0 Å². The molecular formula is C20H27N5O5. The van der Waals surface area contributed by atoms with E-state index < -0.39 is 0 Å². The van der Waals surface area contributed by atoms with Gasteiger partial charge in [0.25, 0.3) is 12.9 Å². The van der Waals surface area contributed by atoms with Crippen molar-refractivity contribution in [2.75, 3.05) is 25.0 Å². The molecule has 0 aromatic carbocycles. The smallest absolute Gasteiger partial charge is 0.290 e. The molecule has 162 valence electrons. The first-order valence-electron chi connectivity index (χ1n) is 9.26. The number of hydrogen-bond acceptors (Lipinski definition) is 7. The number of aromatic nitrogens is 2. The molecule has 0 radical (unpaired) electrons. The van der Waals surface area contributed by atoms with Gasteiger partial charge in [0.2, 0.25) is 5.91 Å². The first kappa shape index (κ1) is 24.5. The van der Waals surface area contributed by atoms with Gasteiger partial charge < -0.3 is 21.3 Å². The van der Waals surface area contributed by atoms with Crippen LogP contribution in [0.4, 0.5) is 11.6 Å². The zero-order valence-corrected chi connectivity index (χ0v) is 16.8. The summed E-state index contributed by atoms with van der Waals surface area (Å²) < 4.78 is 0. The molecule has 0 aliphatic carbocycles. The monoisotopic (exact) mass is 417 g/mol. The van der Waals surface area contributed by atoms with Crippen molar-refractivity contribution in [3.8, 4) is 0 Å². The van der Waals surface area contributed by atoms with Crippen molar-refractivity contribution < 1.29 is 24.6 Å². The lowest BCUT2D eigenvalue weighted by molar-refractivity contribution is -0.123. The molecule has 10 nitrogen and oxygen atoms in total. The fourth-order valence-electron chi connectivity index (χ4n) is 3.20. The van der Waals surface area contributed by atoms with Crippen molar-refractivity contribution in [2.24, 2.45) is 5.73 Å². The molecule has 2 aromatic heterocycles. The average molecular weight is 417 g/mol. The van der Waals surface area contributed by atoms with E-state index in [4.69, 9.17) is 25.5 Å². The number of rotatable bonds is 5. The second-order valence-electron chi connectivity index (χ2n) is 6.52. The standard InChI is InChI=1S/C18H23N5O.2CH2O2/c1-13-4-2-6-17(21-13)22-18-10-14(7-8-20-18)15-5-3-9-23(11-15)12-16(19)24;2*2-1-3/h2,4,6-8,10,15H,3,5,9,11-12H2,1H3,(H2,19,24)(H,20,21,22);2*1H,(H,2,3). The lowest BCUT2D eigenvalue weighted by atomic mass is 9.91. The SMILES string of the molecule is Cc1cccc(Nc2cc(C3CCCN(CC(N)=O)C3)ccn2)n1.O=CO.O=CO. The van der Waals surface area contributed by atoms with Gasteiger partial charge in [-0.3, -0.25) is 19.3 Å². The van der Waals surface area contributed by atoms with E-state index in [9.17, 15) is 4.79 Å². The van der Waals surface area contributed by atoms with E-state index >= 15 is 0 Å². The summed E-state index contributed by atoms with van der Waals surface area (Å²) in [6.07, 6.45) is 4.00. The summed E-state index contributed by atoms with van der Waals surface area (Å²) in [5, 5.41) is 17.0. The highest BCUT2D eigenvalue weighted by Gasteiger charge is 2.22. The first-order valence-corrected chi connectivity index (χ1v) is 9.26. The van der Waals surface area contributed by atoms with Crippen LogP contribution >= 0.6 is 0 Å². The fraction of sp³-hybridized carbons (Fsp3) is 0.350. The molecule has 1 amide bonds. The maximum absolute atomic E-state index is 11.1.